The molecule has 0 aromatic carbocycles. The summed E-state index contributed by atoms with van der Waals surface area (Å²) in [5, 5.41) is 23.3. The van der Waals surface area contributed by atoms with Crippen molar-refractivity contribution in [3.8, 4) is 0 Å². The fourth-order valence-electron chi connectivity index (χ4n) is 8.58. The zero-order chi connectivity index (χ0) is 44.4. The lowest BCUT2D eigenvalue weighted by atomic mass is 10.0. The molecule has 0 aliphatic rings. The Labute approximate surface area is 380 Å². The topological polar surface area (TPSA) is 95.9 Å². The van der Waals surface area contributed by atoms with Gasteiger partial charge in [0.05, 0.1) is 25.4 Å². The van der Waals surface area contributed by atoms with Gasteiger partial charge < -0.3 is 20.3 Å². The van der Waals surface area contributed by atoms with Crippen LogP contribution in [0.3, 0.4) is 0 Å². The second-order valence-electron chi connectivity index (χ2n) is 18.9. The number of ether oxygens (including phenoxy) is 1. The van der Waals surface area contributed by atoms with E-state index in [1.54, 1.807) is 0 Å². The predicted octanol–water partition coefficient (Wildman–Crippen LogP) is 16.5. The Morgan fingerprint density at radius 1 is 0.443 bits per heavy atom. The van der Waals surface area contributed by atoms with Crippen LogP contribution in [0.1, 0.15) is 303 Å². The van der Waals surface area contributed by atoms with Crippen LogP contribution in [0.4, 0.5) is 0 Å². The van der Waals surface area contributed by atoms with Gasteiger partial charge in [-0.1, -0.05) is 251 Å². The maximum Gasteiger partial charge on any atom is 0.305 e. The Morgan fingerprint density at radius 3 is 1.20 bits per heavy atom. The SMILES string of the molecule is CCCCC/C=C\CCCCCCCC(=O)OCCCCCCCCCCCCCCCCCCCC(=O)NC(CO)C(O)CCCCCCCCCCCCCCCCC. The second-order valence-corrected chi connectivity index (χ2v) is 18.9. The van der Waals surface area contributed by atoms with Crippen molar-refractivity contribution in [1.29, 1.82) is 0 Å². The van der Waals surface area contributed by atoms with Gasteiger partial charge in [0.15, 0.2) is 0 Å². The fraction of sp³-hybridized carbons (Fsp3) is 0.927. The molecule has 0 bridgehead atoms. The summed E-state index contributed by atoms with van der Waals surface area (Å²) in [5.41, 5.74) is 0. The summed E-state index contributed by atoms with van der Waals surface area (Å²) in [6.45, 7) is 4.93. The number of esters is 1. The van der Waals surface area contributed by atoms with Gasteiger partial charge in [0, 0.05) is 12.8 Å². The molecule has 1 amide bonds. The maximum absolute atomic E-state index is 12.5. The van der Waals surface area contributed by atoms with Gasteiger partial charge >= 0.3 is 5.97 Å². The highest BCUT2D eigenvalue weighted by Crippen LogP contribution is 2.17. The quantitative estimate of drug-likeness (QED) is 0.0322. The van der Waals surface area contributed by atoms with Crippen molar-refractivity contribution < 1.29 is 24.5 Å². The standard InChI is InChI=1S/C55H107NO5/c1-3-5-7-9-11-13-15-17-21-24-27-31-35-39-43-47-53(58)52(51-57)56-54(59)48-44-40-36-32-28-25-22-19-18-20-23-26-30-34-38-42-46-50-61-55(60)49-45-41-37-33-29-16-14-12-10-8-6-4-2/h12,14,52-53,57-58H,3-11,13,15-51H2,1-2H3,(H,56,59)/b14-12-. The maximum atomic E-state index is 12.5. The van der Waals surface area contributed by atoms with Crippen LogP contribution in [0.15, 0.2) is 12.2 Å². The summed E-state index contributed by atoms with van der Waals surface area (Å²) in [7, 11) is 0. The molecule has 0 rings (SSSR count). The van der Waals surface area contributed by atoms with E-state index < -0.39 is 12.1 Å². The van der Waals surface area contributed by atoms with Crippen molar-refractivity contribution in [2.45, 2.75) is 315 Å². The van der Waals surface area contributed by atoms with Gasteiger partial charge in [0.25, 0.3) is 0 Å². The number of hydrogen-bond acceptors (Lipinski definition) is 5. The monoisotopic (exact) mass is 862 g/mol. The Balaban J connectivity index is 3.42. The van der Waals surface area contributed by atoms with Crippen LogP contribution in [0.2, 0.25) is 0 Å². The Kier molecular flexibility index (Phi) is 50.1. The van der Waals surface area contributed by atoms with E-state index in [-0.39, 0.29) is 18.5 Å². The molecule has 0 aromatic heterocycles. The van der Waals surface area contributed by atoms with Crippen molar-refractivity contribution in [3.05, 3.63) is 12.2 Å². The molecule has 0 saturated heterocycles. The Morgan fingerprint density at radius 2 is 0.770 bits per heavy atom. The predicted molar refractivity (Wildman–Crippen MR) is 264 cm³/mol. The minimum absolute atomic E-state index is 0.00435. The Bertz CT molecular complexity index is 909. The number of aliphatic hydroxyl groups excluding tert-OH is 2. The summed E-state index contributed by atoms with van der Waals surface area (Å²) in [6.07, 6.45) is 59.0. The molecule has 2 unspecified atom stereocenters. The lowest BCUT2D eigenvalue weighted by Crippen LogP contribution is -2.45. The highest BCUT2D eigenvalue weighted by atomic mass is 16.5. The van der Waals surface area contributed by atoms with Crippen LogP contribution in [-0.2, 0) is 14.3 Å². The van der Waals surface area contributed by atoms with Crippen molar-refractivity contribution in [2.75, 3.05) is 13.2 Å². The molecule has 0 heterocycles. The molecule has 362 valence electrons. The second kappa shape index (κ2) is 51.2. The lowest BCUT2D eigenvalue weighted by molar-refractivity contribution is -0.143. The van der Waals surface area contributed by atoms with Crippen molar-refractivity contribution in [2.24, 2.45) is 0 Å². The number of allylic oxidation sites excluding steroid dienone is 2. The number of aliphatic hydroxyl groups is 2. The van der Waals surface area contributed by atoms with E-state index in [9.17, 15) is 19.8 Å². The van der Waals surface area contributed by atoms with Crippen LogP contribution in [-0.4, -0.2) is 47.4 Å². The molecule has 6 nitrogen and oxygen atoms in total. The van der Waals surface area contributed by atoms with Crippen molar-refractivity contribution in [3.63, 3.8) is 0 Å². The minimum Gasteiger partial charge on any atom is -0.466 e. The van der Waals surface area contributed by atoms with Crippen LogP contribution in [0.25, 0.3) is 0 Å². The largest absolute Gasteiger partial charge is 0.466 e. The summed E-state index contributed by atoms with van der Waals surface area (Å²) < 4.78 is 5.45. The number of carbonyl (C=O) groups excluding carboxylic acids is 2. The van der Waals surface area contributed by atoms with Crippen LogP contribution >= 0.6 is 0 Å². The molecule has 2 atom stereocenters. The molecule has 0 aliphatic carbocycles. The summed E-state index contributed by atoms with van der Waals surface area (Å²) in [6, 6.07) is -0.544. The molecular formula is C55H107NO5. The summed E-state index contributed by atoms with van der Waals surface area (Å²) >= 11 is 0. The molecule has 0 spiro atoms. The van der Waals surface area contributed by atoms with Gasteiger partial charge in [-0.05, 0) is 51.4 Å². The third-order valence-corrected chi connectivity index (χ3v) is 12.8. The first kappa shape index (κ1) is 59.6. The number of hydrogen-bond donors (Lipinski definition) is 3. The van der Waals surface area contributed by atoms with Crippen molar-refractivity contribution >= 4 is 11.9 Å². The van der Waals surface area contributed by atoms with E-state index in [0.717, 1.165) is 44.9 Å². The molecule has 0 radical (unpaired) electrons. The average Bonchev–Trinajstić information content (AvgIpc) is 3.26. The third-order valence-electron chi connectivity index (χ3n) is 12.8. The van der Waals surface area contributed by atoms with Crippen LogP contribution in [0, 0.1) is 0 Å². The molecule has 0 aliphatic heterocycles. The highest BCUT2D eigenvalue weighted by molar-refractivity contribution is 5.76. The van der Waals surface area contributed by atoms with Gasteiger partial charge in [-0.2, -0.15) is 0 Å². The van der Waals surface area contributed by atoms with Gasteiger partial charge in [0.2, 0.25) is 5.91 Å². The fourth-order valence-corrected chi connectivity index (χ4v) is 8.58. The van der Waals surface area contributed by atoms with E-state index >= 15 is 0 Å². The molecule has 0 fully saturated rings. The smallest absolute Gasteiger partial charge is 0.305 e. The summed E-state index contributed by atoms with van der Waals surface area (Å²) in [4.78, 5) is 24.5. The van der Waals surface area contributed by atoms with E-state index in [0.29, 0.717) is 25.9 Å². The van der Waals surface area contributed by atoms with Gasteiger partial charge in [0.1, 0.15) is 0 Å². The highest BCUT2D eigenvalue weighted by Gasteiger charge is 2.20. The van der Waals surface area contributed by atoms with E-state index in [4.69, 9.17) is 4.74 Å². The van der Waals surface area contributed by atoms with Gasteiger partial charge in [-0.25, -0.2) is 0 Å². The number of unbranched alkanes of at least 4 members (excludes halogenated alkanes) is 38. The molecule has 61 heavy (non-hydrogen) atoms. The van der Waals surface area contributed by atoms with Crippen molar-refractivity contribution in [1.82, 2.24) is 5.32 Å². The molecular weight excluding hydrogens is 755 g/mol. The first-order chi connectivity index (χ1) is 30.0. The first-order valence-electron chi connectivity index (χ1n) is 27.4. The molecule has 3 N–H and O–H groups in total. The zero-order valence-corrected chi connectivity index (χ0v) is 41.2. The summed E-state index contributed by atoms with van der Waals surface area (Å²) in [5.74, 6) is -0.0432. The molecule has 0 saturated carbocycles. The third kappa shape index (κ3) is 47.9. The number of nitrogens with one attached hydrogen (secondary N) is 1. The number of amides is 1. The normalized spacial score (nSPS) is 12.7. The van der Waals surface area contributed by atoms with E-state index in [1.807, 2.05) is 0 Å². The zero-order valence-electron chi connectivity index (χ0n) is 41.2. The van der Waals surface area contributed by atoms with Gasteiger partial charge in [-0.3, -0.25) is 9.59 Å². The number of carbonyl (C=O) groups is 2. The Hall–Kier alpha value is -1.40. The number of rotatable bonds is 51. The first-order valence-corrected chi connectivity index (χ1v) is 27.4. The van der Waals surface area contributed by atoms with Crippen LogP contribution < -0.4 is 5.32 Å². The van der Waals surface area contributed by atoms with E-state index in [1.165, 1.54) is 225 Å². The van der Waals surface area contributed by atoms with Crippen LogP contribution in [0.5, 0.6) is 0 Å². The molecule has 0 aromatic rings. The molecule has 6 heteroatoms. The van der Waals surface area contributed by atoms with E-state index in [2.05, 4.69) is 31.3 Å². The van der Waals surface area contributed by atoms with Gasteiger partial charge in [-0.15, -0.1) is 0 Å². The lowest BCUT2D eigenvalue weighted by Gasteiger charge is -2.22. The average molecular weight is 862 g/mol. The minimum atomic E-state index is -0.667.